The van der Waals surface area contributed by atoms with Gasteiger partial charge in [-0.25, -0.2) is 0 Å². The van der Waals surface area contributed by atoms with Gasteiger partial charge < -0.3 is 5.11 Å². The number of nitrogens with zero attached hydrogens (tertiary/aromatic N) is 1. The Kier molecular flexibility index (Phi) is 4.18. The summed E-state index contributed by atoms with van der Waals surface area (Å²) in [4.78, 5) is 15.2. The van der Waals surface area contributed by atoms with Crippen LogP contribution in [0, 0.1) is 5.92 Å². The number of hydrogen-bond acceptors (Lipinski definition) is 3. The molecular formula is C17H23NO2. The van der Waals surface area contributed by atoms with E-state index < -0.39 is 6.10 Å². The molecule has 2 fully saturated rings. The maximum atomic E-state index is 12.7. The molecule has 3 rings (SSSR count). The van der Waals surface area contributed by atoms with Crippen molar-refractivity contribution in [3.8, 4) is 0 Å². The Morgan fingerprint density at radius 3 is 2.45 bits per heavy atom. The summed E-state index contributed by atoms with van der Waals surface area (Å²) in [7, 11) is 0. The first-order valence-electron chi connectivity index (χ1n) is 7.79. The van der Waals surface area contributed by atoms with E-state index in [1.165, 1.54) is 19.3 Å². The summed E-state index contributed by atoms with van der Waals surface area (Å²) in [5.74, 6) is -0.123. The molecule has 0 aromatic heterocycles. The third-order valence-electron chi connectivity index (χ3n) is 4.81. The number of rotatable bonds is 3. The zero-order valence-electron chi connectivity index (χ0n) is 11.9. The lowest BCUT2D eigenvalue weighted by atomic mass is 9.90. The van der Waals surface area contributed by atoms with Gasteiger partial charge >= 0.3 is 0 Å². The van der Waals surface area contributed by atoms with E-state index >= 15 is 0 Å². The SMILES string of the molecule is O=C(c1ccccc1)C1C(O)CCC1N1CCCCC1. The van der Waals surface area contributed by atoms with Crippen molar-refractivity contribution in [1.82, 2.24) is 4.90 Å². The fourth-order valence-electron chi connectivity index (χ4n) is 3.76. The van der Waals surface area contributed by atoms with Gasteiger partial charge in [-0.1, -0.05) is 36.8 Å². The number of likely N-dealkylation sites (tertiary alicyclic amines) is 1. The number of benzene rings is 1. The highest BCUT2D eigenvalue weighted by Crippen LogP contribution is 2.34. The van der Waals surface area contributed by atoms with Crippen LogP contribution in [0.5, 0.6) is 0 Å². The predicted octanol–water partition coefficient (Wildman–Crippen LogP) is 2.49. The molecule has 1 aliphatic heterocycles. The van der Waals surface area contributed by atoms with Gasteiger partial charge in [0.05, 0.1) is 12.0 Å². The lowest BCUT2D eigenvalue weighted by Crippen LogP contribution is -2.45. The highest BCUT2D eigenvalue weighted by molar-refractivity contribution is 5.98. The monoisotopic (exact) mass is 273 g/mol. The maximum Gasteiger partial charge on any atom is 0.170 e. The van der Waals surface area contributed by atoms with Crippen LogP contribution in [0.25, 0.3) is 0 Å². The van der Waals surface area contributed by atoms with Gasteiger partial charge in [0.15, 0.2) is 5.78 Å². The quantitative estimate of drug-likeness (QED) is 0.860. The first kappa shape index (κ1) is 13.8. The zero-order chi connectivity index (χ0) is 13.9. The van der Waals surface area contributed by atoms with Gasteiger partial charge in [0.25, 0.3) is 0 Å². The number of Topliss-reactive ketones (excluding diaryl/α,β-unsaturated/α-hetero) is 1. The minimum absolute atomic E-state index is 0.117. The minimum Gasteiger partial charge on any atom is -0.392 e. The van der Waals surface area contributed by atoms with Crippen LogP contribution in [-0.2, 0) is 0 Å². The molecule has 1 saturated carbocycles. The lowest BCUT2D eigenvalue weighted by Gasteiger charge is -2.35. The Morgan fingerprint density at radius 2 is 1.75 bits per heavy atom. The molecule has 1 saturated heterocycles. The van der Waals surface area contributed by atoms with E-state index in [2.05, 4.69) is 4.90 Å². The number of aliphatic hydroxyl groups excluding tert-OH is 1. The van der Waals surface area contributed by atoms with Crippen molar-refractivity contribution in [2.45, 2.75) is 44.2 Å². The summed E-state index contributed by atoms with van der Waals surface area (Å²) in [6.45, 7) is 2.16. The highest BCUT2D eigenvalue weighted by atomic mass is 16.3. The third kappa shape index (κ3) is 2.65. The first-order valence-corrected chi connectivity index (χ1v) is 7.79. The fraction of sp³-hybridized carbons (Fsp3) is 0.588. The molecule has 20 heavy (non-hydrogen) atoms. The number of carbonyl (C=O) groups is 1. The second kappa shape index (κ2) is 6.06. The van der Waals surface area contributed by atoms with Crippen LogP contribution in [-0.4, -0.2) is 41.0 Å². The number of carbonyl (C=O) groups excluding carboxylic acids is 1. The Morgan fingerprint density at radius 1 is 1.05 bits per heavy atom. The zero-order valence-corrected chi connectivity index (χ0v) is 11.9. The molecule has 3 heteroatoms. The van der Waals surface area contributed by atoms with Gasteiger partial charge in [0.2, 0.25) is 0 Å². The van der Waals surface area contributed by atoms with Gasteiger partial charge in [-0.3, -0.25) is 9.69 Å². The molecule has 3 nitrogen and oxygen atoms in total. The molecule has 0 spiro atoms. The van der Waals surface area contributed by atoms with E-state index in [4.69, 9.17) is 0 Å². The second-order valence-corrected chi connectivity index (χ2v) is 6.06. The van der Waals surface area contributed by atoms with Crippen LogP contribution in [0.3, 0.4) is 0 Å². The molecule has 0 bridgehead atoms. The minimum atomic E-state index is -0.477. The average Bonchev–Trinajstić information content (AvgIpc) is 2.90. The standard InChI is InChI=1S/C17H23NO2/c19-15-10-9-14(18-11-5-2-6-12-18)16(15)17(20)13-7-3-1-4-8-13/h1,3-4,7-8,14-16,19H,2,5-6,9-12H2. The van der Waals surface area contributed by atoms with Crippen molar-refractivity contribution in [2.75, 3.05) is 13.1 Å². The van der Waals surface area contributed by atoms with Crippen LogP contribution in [0.4, 0.5) is 0 Å². The van der Waals surface area contributed by atoms with Crippen molar-refractivity contribution < 1.29 is 9.90 Å². The second-order valence-electron chi connectivity index (χ2n) is 6.06. The Bertz CT molecular complexity index is 453. The number of aliphatic hydroxyl groups is 1. The van der Waals surface area contributed by atoms with E-state index in [-0.39, 0.29) is 17.7 Å². The molecule has 1 aliphatic carbocycles. The Hall–Kier alpha value is -1.19. The molecular weight excluding hydrogens is 250 g/mol. The molecule has 2 aliphatic rings. The summed E-state index contributed by atoms with van der Waals surface area (Å²) in [5, 5.41) is 10.3. The summed E-state index contributed by atoms with van der Waals surface area (Å²) < 4.78 is 0. The molecule has 1 aromatic carbocycles. The molecule has 3 atom stereocenters. The van der Waals surface area contributed by atoms with Crippen LogP contribution in [0.1, 0.15) is 42.5 Å². The molecule has 0 amide bonds. The molecule has 0 radical (unpaired) electrons. The summed E-state index contributed by atoms with van der Waals surface area (Å²) in [5.41, 5.74) is 0.737. The van der Waals surface area contributed by atoms with E-state index in [9.17, 15) is 9.90 Å². The smallest absolute Gasteiger partial charge is 0.170 e. The predicted molar refractivity (Wildman–Crippen MR) is 78.7 cm³/mol. The topological polar surface area (TPSA) is 40.5 Å². The van der Waals surface area contributed by atoms with Crippen LogP contribution in [0.15, 0.2) is 30.3 Å². The molecule has 108 valence electrons. The summed E-state index contributed by atoms with van der Waals surface area (Å²) >= 11 is 0. The summed E-state index contributed by atoms with van der Waals surface area (Å²) in [6, 6.07) is 9.67. The van der Waals surface area contributed by atoms with Gasteiger partial charge in [-0.05, 0) is 38.8 Å². The van der Waals surface area contributed by atoms with Crippen LogP contribution < -0.4 is 0 Å². The number of hydrogen-bond donors (Lipinski definition) is 1. The van der Waals surface area contributed by atoms with Crippen molar-refractivity contribution in [2.24, 2.45) is 5.92 Å². The fourth-order valence-corrected chi connectivity index (χ4v) is 3.76. The van der Waals surface area contributed by atoms with Gasteiger partial charge in [-0.2, -0.15) is 0 Å². The molecule has 3 unspecified atom stereocenters. The number of piperidine rings is 1. The first-order chi connectivity index (χ1) is 9.77. The van der Waals surface area contributed by atoms with E-state index in [1.54, 1.807) is 0 Å². The third-order valence-corrected chi connectivity index (χ3v) is 4.81. The van der Waals surface area contributed by atoms with Gasteiger partial charge in [0, 0.05) is 11.6 Å². The lowest BCUT2D eigenvalue weighted by molar-refractivity contribution is 0.0550. The number of ketones is 1. The van der Waals surface area contributed by atoms with Crippen molar-refractivity contribution in [3.05, 3.63) is 35.9 Å². The van der Waals surface area contributed by atoms with Crippen molar-refractivity contribution in [1.29, 1.82) is 0 Å². The van der Waals surface area contributed by atoms with E-state index in [0.29, 0.717) is 0 Å². The summed E-state index contributed by atoms with van der Waals surface area (Å²) in [6.07, 6.45) is 4.96. The average molecular weight is 273 g/mol. The van der Waals surface area contributed by atoms with Crippen LogP contribution in [0.2, 0.25) is 0 Å². The van der Waals surface area contributed by atoms with E-state index in [0.717, 1.165) is 31.5 Å². The molecule has 1 N–H and O–H groups in total. The van der Waals surface area contributed by atoms with Gasteiger partial charge in [-0.15, -0.1) is 0 Å². The molecule has 1 heterocycles. The normalized spacial score (nSPS) is 31.4. The largest absolute Gasteiger partial charge is 0.392 e. The van der Waals surface area contributed by atoms with E-state index in [1.807, 2.05) is 30.3 Å². The Labute approximate surface area is 120 Å². The van der Waals surface area contributed by atoms with Crippen molar-refractivity contribution >= 4 is 5.78 Å². The Balaban J connectivity index is 1.79. The molecule has 1 aromatic rings. The highest BCUT2D eigenvalue weighted by Gasteiger charge is 2.43. The van der Waals surface area contributed by atoms with Crippen LogP contribution >= 0.6 is 0 Å². The van der Waals surface area contributed by atoms with Crippen molar-refractivity contribution in [3.63, 3.8) is 0 Å². The maximum absolute atomic E-state index is 12.7. The van der Waals surface area contributed by atoms with Gasteiger partial charge in [0.1, 0.15) is 0 Å².